The Labute approximate surface area is 259 Å². The first-order chi connectivity index (χ1) is 20.8. The Kier molecular flexibility index (Phi) is 5.70. The largest absolute Gasteiger partial charge is 0.144 e. The topological polar surface area (TPSA) is 0 Å². The van der Waals surface area contributed by atoms with Crippen LogP contribution in [0.1, 0.15) is 0 Å². The molecule has 0 bridgehead atoms. The van der Waals surface area contributed by atoms with Crippen molar-refractivity contribution in [2.75, 3.05) is 0 Å². The maximum absolute atomic E-state index is 2.35. The molecule has 0 nitrogen and oxygen atoms in total. The normalized spacial score (nSPS) is 11.8. The van der Waals surface area contributed by atoms with E-state index in [1.807, 2.05) is 45.3 Å². The second-order valence-electron chi connectivity index (χ2n) is 10.6. The van der Waals surface area contributed by atoms with E-state index in [1.165, 1.54) is 83.5 Å². The summed E-state index contributed by atoms with van der Waals surface area (Å²) in [6.07, 6.45) is 0. The number of hydrogen-bond acceptors (Lipinski definition) is 4. The molecule has 4 heteroatoms. The van der Waals surface area contributed by atoms with Crippen LogP contribution in [0.4, 0.5) is 0 Å². The molecule has 0 saturated carbocycles. The van der Waals surface area contributed by atoms with Crippen LogP contribution in [0.15, 0.2) is 132 Å². The van der Waals surface area contributed by atoms with Crippen LogP contribution < -0.4 is 0 Å². The first-order valence-corrected chi connectivity index (χ1v) is 17.3. The third-order valence-corrected chi connectivity index (χ3v) is 12.2. The van der Waals surface area contributed by atoms with Crippen molar-refractivity contribution < 1.29 is 0 Å². The van der Waals surface area contributed by atoms with Gasteiger partial charge in [-0.2, -0.15) is 0 Å². The quantitative estimate of drug-likeness (QED) is 0.187. The summed E-state index contributed by atoms with van der Waals surface area (Å²) in [5, 5.41) is 9.84. The van der Waals surface area contributed by atoms with Crippen LogP contribution >= 0.6 is 45.3 Å². The summed E-state index contributed by atoms with van der Waals surface area (Å²) < 4.78 is 5.43. The zero-order valence-corrected chi connectivity index (χ0v) is 25.6. The molecule has 0 radical (unpaired) electrons. The minimum absolute atomic E-state index is 1.24. The molecule has 42 heavy (non-hydrogen) atoms. The summed E-state index contributed by atoms with van der Waals surface area (Å²) in [5.74, 6) is 0. The van der Waals surface area contributed by atoms with Crippen molar-refractivity contribution >= 4 is 85.7 Å². The lowest BCUT2D eigenvalue weighted by Crippen LogP contribution is -1.82. The second kappa shape index (κ2) is 9.75. The highest BCUT2D eigenvalue weighted by atomic mass is 32.1. The smallest absolute Gasteiger partial charge is 0.0356 e. The van der Waals surface area contributed by atoms with E-state index in [1.54, 1.807) is 0 Å². The Bertz CT molecular complexity index is 2200. The van der Waals surface area contributed by atoms with Crippen molar-refractivity contribution in [2.45, 2.75) is 0 Å². The van der Waals surface area contributed by atoms with Crippen molar-refractivity contribution in [3.63, 3.8) is 0 Å². The number of benzene rings is 5. The predicted molar refractivity (Wildman–Crippen MR) is 190 cm³/mol. The van der Waals surface area contributed by atoms with Gasteiger partial charge >= 0.3 is 0 Å². The lowest BCUT2D eigenvalue weighted by atomic mass is 9.98. The van der Waals surface area contributed by atoms with Crippen LogP contribution in [0.3, 0.4) is 0 Å². The zero-order valence-electron chi connectivity index (χ0n) is 22.3. The minimum atomic E-state index is 1.24. The van der Waals surface area contributed by atoms with Crippen LogP contribution in [-0.2, 0) is 0 Å². The highest BCUT2D eigenvalue weighted by molar-refractivity contribution is 7.23. The summed E-state index contributed by atoms with van der Waals surface area (Å²) in [4.78, 5) is 2.65. The SMILES string of the molecule is c1cc2c(ccc3sc(-c4ccc(-c5ccc(-c6ccc(-c7cc8c(ccc9sccc98)s7)cc6)cc5)cc4)cc32)s1. The van der Waals surface area contributed by atoms with E-state index in [0.29, 0.717) is 0 Å². The van der Waals surface area contributed by atoms with E-state index in [-0.39, 0.29) is 0 Å². The average Bonchev–Trinajstić information content (AvgIpc) is 3.85. The molecule has 0 N–H and O–H groups in total. The van der Waals surface area contributed by atoms with Crippen LogP contribution in [0.25, 0.3) is 83.5 Å². The van der Waals surface area contributed by atoms with Gasteiger partial charge in [0, 0.05) is 50.1 Å². The molecule has 0 fully saturated rings. The molecule has 198 valence electrons. The van der Waals surface area contributed by atoms with Gasteiger partial charge in [-0.25, -0.2) is 0 Å². The number of hydrogen-bond donors (Lipinski definition) is 0. The number of fused-ring (bicyclic) bond motifs is 6. The van der Waals surface area contributed by atoms with Crippen molar-refractivity contribution in [3.05, 3.63) is 132 Å². The standard InChI is InChI=1S/C38H22S4/c1-2-24(26-7-11-28(12-8-26)38-22-32-30-18-20-40-34(30)14-16-36(32)42-38)4-3-23(1)25-5-9-27(10-6-25)37-21-31-29-17-19-39-33(29)13-15-35(31)41-37/h1-22H. The summed E-state index contributed by atoms with van der Waals surface area (Å²) in [6.45, 7) is 0. The van der Waals surface area contributed by atoms with Gasteiger partial charge in [-0.1, -0.05) is 72.8 Å². The van der Waals surface area contributed by atoms with Crippen LogP contribution in [0.2, 0.25) is 0 Å². The molecule has 0 atom stereocenters. The molecule has 4 aromatic heterocycles. The molecule has 0 aliphatic rings. The Morgan fingerprint density at radius 1 is 0.286 bits per heavy atom. The summed E-state index contributed by atoms with van der Waals surface area (Å²) in [6, 6.07) is 45.2. The Balaban J connectivity index is 0.959. The molecule has 0 aliphatic heterocycles. The van der Waals surface area contributed by atoms with E-state index in [9.17, 15) is 0 Å². The van der Waals surface area contributed by atoms with E-state index in [2.05, 4.69) is 132 Å². The third-order valence-electron chi connectivity index (χ3n) is 8.15. The van der Waals surface area contributed by atoms with Crippen molar-refractivity contribution in [1.82, 2.24) is 0 Å². The Morgan fingerprint density at radius 3 is 1.00 bits per heavy atom. The van der Waals surface area contributed by atoms with Crippen LogP contribution in [-0.4, -0.2) is 0 Å². The first-order valence-electron chi connectivity index (χ1n) is 13.9. The number of rotatable bonds is 4. The van der Waals surface area contributed by atoms with E-state index < -0.39 is 0 Å². The van der Waals surface area contributed by atoms with E-state index in [0.717, 1.165) is 0 Å². The van der Waals surface area contributed by atoms with Gasteiger partial charge in [-0.05, 0) is 92.7 Å². The molecule has 0 amide bonds. The van der Waals surface area contributed by atoms with Gasteiger partial charge < -0.3 is 0 Å². The number of thiophene rings is 4. The second-order valence-corrected chi connectivity index (χ2v) is 14.6. The fourth-order valence-corrected chi connectivity index (χ4v) is 9.69. The Morgan fingerprint density at radius 2 is 0.619 bits per heavy atom. The molecule has 9 aromatic rings. The predicted octanol–water partition coefficient (Wildman–Crippen LogP) is 13.2. The van der Waals surface area contributed by atoms with Gasteiger partial charge in [-0.15, -0.1) is 45.3 Å². The molecule has 4 heterocycles. The van der Waals surface area contributed by atoms with E-state index >= 15 is 0 Å². The summed E-state index contributed by atoms with van der Waals surface area (Å²) in [5.41, 5.74) is 7.52. The molecule has 0 unspecified atom stereocenters. The van der Waals surface area contributed by atoms with E-state index in [4.69, 9.17) is 0 Å². The highest BCUT2D eigenvalue weighted by Crippen LogP contribution is 2.41. The van der Waals surface area contributed by atoms with Crippen molar-refractivity contribution in [2.24, 2.45) is 0 Å². The fraction of sp³-hybridized carbons (Fsp3) is 0. The highest BCUT2D eigenvalue weighted by Gasteiger charge is 2.11. The van der Waals surface area contributed by atoms with Gasteiger partial charge in [0.25, 0.3) is 0 Å². The molecule has 5 aromatic carbocycles. The Hall–Kier alpha value is -4.06. The van der Waals surface area contributed by atoms with Gasteiger partial charge in [0.05, 0.1) is 0 Å². The van der Waals surface area contributed by atoms with Crippen molar-refractivity contribution in [3.8, 4) is 43.1 Å². The third kappa shape index (κ3) is 4.06. The van der Waals surface area contributed by atoms with Gasteiger partial charge in [-0.3, -0.25) is 0 Å². The molecule has 9 rings (SSSR count). The molecule has 0 spiro atoms. The maximum atomic E-state index is 2.35. The van der Waals surface area contributed by atoms with Gasteiger partial charge in [0.15, 0.2) is 0 Å². The molecule has 0 saturated heterocycles. The van der Waals surface area contributed by atoms with Crippen molar-refractivity contribution in [1.29, 1.82) is 0 Å². The molecule has 0 aliphatic carbocycles. The summed E-state index contributed by atoms with van der Waals surface area (Å²) in [7, 11) is 0. The lowest BCUT2D eigenvalue weighted by molar-refractivity contribution is 1.59. The van der Waals surface area contributed by atoms with Gasteiger partial charge in [0.2, 0.25) is 0 Å². The fourth-order valence-electron chi connectivity index (χ4n) is 5.92. The molecular formula is C38H22S4. The average molecular weight is 607 g/mol. The summed E-state index contributed by atoms with van der Waals surface area (Å²) >= 11 is 7.38. The monoisotopic (exact) mass is 606 g/mol. The van der Waals surface area contributed by atoms with Gasteiger partial charge in [0.1, 0.15) is 0 Å². The van der Waals surface area contributed by atoms with Crippen LogP contribution in [0.5, 0.6) is 0 Å². The van der Waals surface area contributed by atoms with Crippen LogP contribution in [0, 0.1) is 0 Å². The molecular weight excluding hydrogens is 585 g/mol. The lowest BCUT2D eigenvalue weighted by Gasteiger charge is -2.07. The first kappa shape index (κ1) is 24.5. The minimum Gasteiger partial charge on any atom is -0.144 e. The zero-order chi connectivity index (χ0) is 27.6. The maximum Gasteiger partial charge on any atom is 0.0356 e.